The zero-order valence-corrected chi connectivity index (χ0v) is 25.7. The lowest BCUT2D eigenvalue weighted by molar-refractivity contribution is -0.852. The summed E-state index contributed by atoms with van der Waals surface area (Å²) in [6, 6.07) is -0.301. The van der Waals surface area contributed by atoms with Gasteiger partial charge >= 0.3 is 12.1 Å². The van der Waals surface area contributed by atoms with Gasteiger partial charge in [0.1, 0.15) is 5.37 Å². The first kappa shape index (κ1) is 32.1. The molecule has 0 spiro atoms. The molecule has 212 valence electrons. The topological polar surface area (TPSA) is 92.3 Å². The first-order valence-corrected chi connectivity index (χ1v) is 16.1. The molecule has 0 aromatic heterocycles. The van der Waals surface area contributed by atoms with Gasteiger partial charge in [-0.3, -0.25) is 9.59 Å². The van der Waals surface area contributed by atoms with E-state index < -0.39 is 0 Å². The van der Waals surface area contributed by atoms with Crippen LogP contribution in [0.25, 0.3) is 0 Å². The Kier molecular flexibility index (Phi) is 11.5. The summed E-state index contributed by atoms with van der Waals surface area (Å²) in [4.78, 5) is 49.2. The van der Waals surface area contributed by atoms with Crippen LogP contribution in [-0.2, 0) is 9.59 Å². The molecule has 37 heavy (non-hydrogen) atoms. The lowest BCUT2D eigenvalue weighted by Crippen LogP contribution is -2.61. The van der Waals surface area contributed by atoms with Gasteiger partial charge in [-0.15, -0.1) is 0 Å². The van der Waals surface area contributed by atoms with Crippen LogP contribution in [0.2, 0.25) is 0 Å². The van der Waals surface area contributed by atoms with Crippen molar-refractivity contribution in [2.45, 2.75) is 85.9 Å². The van der Waals surface area contributed by atoms with Crippen LogP contribution in [0.5, 0.6) is 0 Å². The van der Waals surface area contributed by atoms with E-state index in [1.807, 2.05) is 37.4 Å². The van der Waals surface area contributed by atoms with Crippen molar-refractivity contribution in [3.63, 3.8) is 0 Å². The number of urea groups is 2. The fraction of sp³-hybridized carbons (Fsp3) is 0.852. The number of quaternary nitrogens is 2. The molecule has 0 aromatic carbocycles. The molecule has 8 nitrogen and oxygen atoms in total. The highest BCUT2D eigenvalue weighted by molar-refractivity contribution is 8.00. The van der Waals surface area contributed by atoms with Crippen molar-refractivity contribution < 1.29 is 28.1 Å². The Balaban J connectivity index is 1.80. The molecule has 10 heteroatoms. The van der Waals surface area contributed by atoms with Crippen LogP contribution >= 0.6 is 23.5 Å². The van der Waals surface area contributed by atoms with Crippen molar-refractivity contribution in [2.75, 3.05) is 50.0 Å². The molecule has 0 aromatic rings. The van der Waals surface area contributed by atoms with Crippen LogP contribution in [0, 0.1) is 10.8 Å². The smallest absolute Gasteiger partial charge is 0.268 e. The number of hydrogen-bond acceptors (Lipinski definition) is 6. The minimum absolute atomic E-state index is 0.0157. The van der Waals surface area contributed by atoms with E-state index in [9.17, 15) is 19.2 Å². The quantitative estimate of drug-likeness (QED) is 0.149. The second-order valence-electron chi connectivity index (χ2n) is 12.2. The third kappa shape index (κ3) is 7.96. The molecule has 0 radical (unpaired) electrons. The van der Waals surface area contributed by atoms with E-state index in [2.05, 4.69) is 45.3 Å². The van der Waals surface area contributed by atoms with Gasteiger partial charge < -0.3 is 0 Å². The Hall–Kier alpha value is -1.10. The van der Waals surface area contributed by atoms with Gasteiger partial charge in [0.15, 0.2) is 13.1 Å². The van der Waals surface area contributed by atoms with E-state index in [4.69, 9.17) is 0 Å². The highest BCUT2D eigenvalue weighted by atomic mass is 32.2. The van der Waals surface area contributed by atoms with Gasteiger partial charge in [0.25, 0.3) is 11.8 Å². The standard InChI is InChI=1S/C27H48N4O4S2/c1-8-13-27(6,7)23(31(10-3)19-22(33)29-25(31)35)37-17-12-16-36-15-11-14-26(4,5)20-30(9-2)18-21(32)28-24(30)34/h23H,8-20H2,1-7H3/p+2. The fourth-order valence-corrected chi connectivity index (χ4v) is 8.93. The number of nitrogens with zero attached hydrogens (tertiary/aromatic N) is 2. The minimum atomic E-state index is -0.166. The number of amides is 6. The average Bonchev–Trinajstić information content (AvgIpc) is 3.25. The van der Waals surface area contributed by atoms with Crippen LogP contribution in [0.1, 0.15) is 80.6 Å². The Morgan fingerprint density at radius 1 is 0.811 bits per heavy atom. The Morgan fingerprint density at radius 3 is 1.95 bits per heavy atom. The molecule has 0 saturated carbocycles. The summed E-state index contributed by atoms with van der Waals surface area (Å²) in [5, 5.41) is 5.09. The first-order valence-electron chi connectivity index (χ1n) is 13.9. The van der Waals surface area contributed by atoms with Gasteiger partial charge in [0.05, 0.1) is 19.6 Å². The summed E-state index contributed by atoms with van der Waals surface area (Å²) in [6.07, 6.45) is 5.23. The van der Waals surface area contributed by atoms with Gasteiger partial charge in [0, 0.05) is 10.8 Å². The first-order chi connectivity index (χ1) is 17.3. The minimum Gasteiger partial charge on any atom is -0.268 e. The maximum atomic E-state index is 12.9. The Labute approximate surface area is 232 Å². The number of imide groups is 2. The van der Waals surface area contributed by atoms with E-state index >= 15 is 0 Å². The number of thioether (sulfide) groups is 2. The maximum Gasteiger partial charge on any atom is 0.424 e. The summed E-state index contributed by atoms with van der Waals surface area (Å²) in [5.74, 6) is 2.78. The number of hydrogen-bond donors (Lipinski definition) is 2. The third-order valence-electron chi connectivity index (χ3n) is 7.96. The lowest BCUT2D eigenvalue weighted by Gasteiger charge is -2.44. The van der Waals surface area contributed by atoms with Crippen LogP contribution in [0.3, 0.4) is 0 Å². The highest BCUT2D eigenvalue weighted by Gasteiger charge is 2.55. The van der Waals surface area contributed by atoms with Gasteiger partial charge in [-0.1, -0.05) is 52.8 Å². The number of carbonyl (C=O) groups excluding carboxylic acids is 4. The van der Waals surface area contributed by atoms with Gasteiger partial charge in [-0.05, 0) is 56.8 Å². The molecule has 2 aliphatic rings. The van der Waals surface area contributed by atoms with Crippen LogP contribution in [-0.4, -0.2) is 88.2 Å². The van der Waals surface area contributed by atoms with Crippen LogP contribution < -0.4 is 10.6 Å². The van der Waals surface area contributed by atoms with E-state index in [0.717, 1.165) is 49.4 Å². The Morgan fingerprint density at radius 2 is 1.43 bits per heavy atom. The van der Waals surface area contributed by atoms with E-state index in [1.165, 1.54) is 0 Å². The summed E-state index contributed by atoms with van der Waals surface area (Å²) in [7, 11) is 0. The molecule has 2 aliphatic heterocycles. The normalized spacial score (nSPS) is 25.5. The third-order valence-corrected chi connectivity index (χ3v) is 11.0. The fourth-order valence-electron chi connectivity index (χ4n) is 6.14. The summed E-state index contributed by atoms with van der Waals surface area (Å²) >= 11 is 3.82. The molecule has 2 heterocycles. The predicted molar refractivity (Wildman–Crippen MR) is 153 cm³/mol. The Bertz CT molecular complexity index is 850. The number of likely N-dealkylation sites (N-methyl/N-ethyl adjacent to an activating group) is 2. The molecule has 2 fully saturated rings. The molecule has 0 bridgehead atoms. The molecular formula is C27H50N4O4S2+2. The van der Waals surface area contributed by atoms with Crippen molar-refractivity contribution >= 4 is 47.4 Å². The largest absolute Gasteiger partial charge is 0.424 e. The molecule has 2 N–H and O–H groups in total. The second kappa shape index (κ2) is 13.3. The SMILES string of the molecule is CCCC(C)(C)C(SCCCSCCCC(C)(C)C[N+]1(CC)CC(=O)NC1=O)[N+]1(CC)CC(=O)NC1=O. The molecule has 3 unspecified atom stereocenters. The zero-order valence-electron chi connectivity index (χ0n) is 24.1. The predicted octanol–water partition coefficient (Wildman–Crippen LogP) is 4.97. The average molecular weight is 559 g/mol. The molecule has 6 amide bonds. The summed E-state index contributed by atoms with van der Waals surface area (Å²) in [6.45, 7) is 17.5. The van der Waals surface area contributed by atoms with Crippen molar-refractivity contribution in [3.05, 3.63) is 0 Å². The number of carbonyl (C=O) groups is 4. The van der Waals surface area contributed by atoms with Crippen molar-refractivity contribution in [1.29, 1.82) is 0 Å². The number of rotatable bonds is 17. The molecule has 2 rings (SSSR count). The highest BCUT2D eigenvalue weighted by Crippen LogP contribution is 2.43. The molecular weight excluding hydrogens is 508 g/mol. The number of nitrogens with one attached hydrogen (secondary N) is 2. The lowest BCUT2D eigenvalue weighted by atomic mass is 9.86. The van der Waals surface area contributed by atoms with Crippen LogP contribution in [0.15, 0.2) is 0 Å². The zero-order chi connectivity index (χ0) is 27.9. The summed E-state index contributed by atoms with van der Waals surface area (Å²) in [5.41, 5.74) is -0.0660. The van der Waals surface area contributed by atoms with E-state index in [1.54, 1.807) is 0 Å². The maximum absolute atomic E-state index is 12.9. The van der Waals surface area contributed by atoms with Crippen molar-refractivity contribution in [2.24, 2.45) is 10.8 Å². The van der Waals surface area contributed by atoms with Gasteiger partial charge in [-0.2, -0.15) is 11.8 Å². The van der Waals surface area contributed by atoms with Gasteiger partial charge in [0.2, 0.25) is 0 Å². The van der Waals surface area contributed by atoms with Crippen LogP contribution in [0.4, 0.5) is 9.59 Å². The van der Waals surface area contributed by atoms with Crippen molar-refractivity contribution in [3.8, 4) is 0 Å². The summed E-state index contributed by atoms with van der Waals surface area (Å²) < 4.78 is 0.424. The molecule has 2 saturated heterocycles. The van der Waals surface area contributed by atoms with Gasteiger partial charge in [-0.25, -0.2) is 29.2 Å². The molecule has 3 atom stereocenters. The molecule has 0 aliphatic carbocycles. The van der Waals surface area contributed by atoms with E-state index in [-0.39, 0.29) is 62.1 Å². The second-order valence-corrected chi connectivity index (χ2v) is 14.6. The van der Waals surface area contributed by atoms with Crippen molar-refractivity contribution in [1.82, 2.24) is 10.6 Å². The van der Waals surface area contributed by atoms with E-state index in [0.29, 0.717) is 19.6 Å². The monoisotopic (exact) mass is 558 g/mol.